The Balaban J connectivity index is 1.99. The fourth-order valence-electron chi connectivity index (χ4n) is 2.36. The number of alkyl halides is 3. The number of halogens is 3. The van der Waals surface area contributed by atoms with Crippen LogP contribution in [0.1, 0.15) is 43.2 Å². The third kappa shape index (κ3) is 3.62. The molecular formula is C15H17F3. The molecule has 0 heterocycles. The van der Waals surface area contributed by atoms with Gasteiger partial charge in [0.05, 0.1) is 5.56 Å². The van der Waals surface area contributed by atoms with Crippen molar-refractivity contribution in [3.8, 4) is 0 Å². The first-order chi connectivity index (χ1) is 8.55. The first-order valence-electron chi connectivity index (χ1n) is 6.41. The summed E-state index contributed by atoms with van der Waals surface area (Å²) in [6, 6.07) is 5.34. The van der Waals surface area contributed by atoms with E-state index in [2.05, 4.69) is 6.08 Å². The van der Waals surface area contributed by atoms with Crippen LogP contribution >= 0.6 is 0 Å². The summed E-state index contributed by atoms with van der Waals surface area (Å²) in [6.45, 7) is 0. The molecule has 1 aromatic carbocycles. The maximum atomic E-state index is 12.4. The van der Waals surface area contributed by atoms with Gasteiger partial charge in [0.25, 0.3) is 0 Å². The van der Waals surface area contributed by atoms with Crippen molar-refractivity contribution in [3.05, 3.63) is 41.5 Å². The molecule has 0 spiro atoms. The molecule has 0 amide bonds. The van der Waals surface area contributed by atoms with Gasteiger partial charge in [0.2, 0.25) is 0 Å². The third-order valence-electron chi connectivity index (χ3n) is 3.45. The fraction of sp³-hybridized carbons (Fsp3) is 0.467. The van der Waals surface area contributed by atoms with Gasteiger partial charge in [-0.15, -0.1) is 0 Å². The van der Waals surface area contributed by atoms with Crippen LogP contribution in [0, 0.1) is 5.92 Å². The van der Waals surface area contributed by atoms with E-state index in [4.69, 9.17) is 0 Å². The standard InChI is InChI=1S/C15H17F3/c16-15(17,18)14-10-8-13(9-11-14)7-6-12-4-2-1-3-5-12/h6-12H,1-5H2. The van der Waals surface area contributed by atoms with Crippen molar-refractivity contribution in [3.63, 3.8) is 0 Å². The highest BCUT2D eigenvalue weighted by Crippen LogP contribution is 2.29. The fourth-order valence-corrected chi connectivity index (χ4v) is 2.36. The van der Waals surface area contributed by atoms with E-state index in [1.807, 2.05) is 6.08 Å². The van der Waals surface area contributed by atoms with Crippen molar-refractivity contribution in [1.29, 1.82) is 0 Å². The normalized spacial score (nSPS) is 18.4. The lowest BCUT2D eigenvalue weighted by atomic mass is 9.89. The Kier molecular flexibility index (Phi) is 4.10. The predicted molar refractivity (Wildman–Crippen MR) is 67.1 cm³/mol. The Morgan fingerprint density at radius 1 is 0.944 bits per heavy atom. The van der Waals surface area contributed by atoms with Crippen molar-refractivity contribution in [2.45, 2.75) is 38.3 Å². The van der Waals surface area contributed by atoms with E-state index < -0.39 is 11.7 Å². The van der Waals surface area contributed by atoms with Crippen molar-refractivity contribution in [1.82, 2.24) is 0 Å². The Labute approximate surface area is 106 Å². The second kappa shape index (κ2) is 5.59. The van der Waals surface area contributed by atoms with Gasteiger partial charge in [0.1, 0.15) is 0 Å². The van der Waals surface area contributed by atoms with Crippen molar-refractivity contribution in [2.75, 3.05) is 0 Å². The average Bonchev–Trinajstić information content (AvgIpc) is 2.37. The molecule has 98 valence electrons. The molecule has 0 nitrogen and oxygen atoms in total. The summed E-state index contributed by atoms with van der Waals surface area (Å²) in [7, 11) is 0. The van der Waals surface area contributed by atoms with E-state index >= 15 is 0 Å². The second-order valence-corrected chi connectivity index (χ2v) is 4.88. The Morgan fingerprint density at radius 2 is 1.56 bits per heavy atom. The van der Waals surface area contributed by atoms with Gasteiger partial charge in [-0.1, -0.05) is 43.5 Å². The Bertz CT molecular complexity index is 395. The number of hydrogen-bond donors (Lipinski definition) is 0. The van der Waals surface area contributed by atoms with Gasteiger partial charge in [-0.05, 0) is 36.5 Å². The molecule has 1 aromatic rings. The molecule has 0 radical (unpaired) electrons. The maximum Gasteiger partial charge on any atom is 0.416 e. The van der Waals surface area contributed by atoms with Gasteiger partial charge in [-0.2, -0.15) is 13.2 Å². The predicted octanol–water partition coefficient (Wildman–Crippen LogP) is 5.30. The number of benzene rings is 1. The van der Waals surface area contributed by atoms with E-state index in [9.17, 15) is 13.2 Å². The highest BCUT2D eigenvalue weighted by molar-refractivity contribution is 5.50. The quantitative estimate of drug-likeness (QED) is 0.672. The average molecular weight is 254 g/mol. The molecule has 1 fully saturated rings. The molecule has 1 aliphatic rings. The smallest absolute Gasteiger partial charge is 0.166 e. The minimum atomic E-state index is -4.24. The van der Waals surface area contributed by atoms with Crippen LogP contribution in [-0.4, -0.2) is 0 Å². The molecule has 0 unspecified atom stereocenters. The van der Waals surface area contributed by atoms with Crippen LogP contribution in [0.5, 0.6) is 0 Å². The van der Waals surface area contributed by atoms with Gasteiger partial charge >= 0.3 is 6.18 Å². The first kappa shape index (κ1) is 13.2. The Morgan fingerprint density at radius 3 is 2.11 bits per heavy atom. The number of hydrogen-bond acceptors (Lipinski definition) is 0. The van der Waals surface area contributed by atoms with E-state index in [1.54, 1.807) is 0 Å². The van der Waals surface area contributed by atoms with Crippen molar-refractivity contribution >= 4 is 6.08 Å². The summed E-state index contributed by atoms with van der Waals surface area (Å²) in [5.41, 5.74) is 0.255. The summed E-state index contributed by atoms with van der Waals surface area (Å²) < 4.78 is 37.1. The molecule has 0 aromatic heterocycles. The van der Waals surface area contributed by atoms with Gasteiger partial charge in [0, 0.05) is 0 Å². The zero-order chi connectivity index (χ0) is 13.0. The van der Waals surface area contributed by atoms with Crippen LogP contribution in [-0.2, 0) is 6.18 Å². The highest BCUT2D eigenvalue weighted by Gasteiger charge is 2.29. The topological polar surface area (TPSA) is 0 Å². The molecule has 1 aliphatic carbocycles. The highest BCUT2D eigenvalue weighted by atomic mass is 19.4. The summed E-state index contributed by atoms with van der Waals surface area (Å²) >= 11 is 0. The first-order valence-corrected chi connectivity index (χ1v) is 6.41. The summed E-state index contributed by atoms with van der Waals surface area (Å²) in [6.07, 6.45) is 6.09. The van der Waals surface area contributed by atoms with Crippen LogP contribution in [0.2, 0.25) is 0 Å². The van der Waals surface area contributed by atoms with Gasteiger partial charge < -0.3 is 0 Å². The molecular weight excluding hydrogens is 237 g/mol. The van der Waals surface area contributed by atoms with Gasteiger partial charge in [-0.25, -0.2) is 0 Å². The lowest BCUT2D eigenvalue weighted by Crippen LogP contribution is -2.04. The minimum Gasteiger partial charge on any atom is -0.166 e. The molecule has 0 N–H and O–H groups in total. The van der Waals surface area contributed by atoms with E-state index in [0.29, 0.717) is 5.92 Å². The molecule has 2 rings (SSSR count). The molecule has 1 saturated carbocycles. The molecule has 3 heteroatoms. The van der Waals surface area contributed by atoms with Gasteiger partial charge in [0.15, 0.2) is 0 Å². The lowest BCUT2D eigenvalue weighted by Gasteiger charge is -2.17. The molecule has 18 heavy (non-hydrogen) atoms. The van der Waals surface area contributed by atoms with E-state index in [-0.39, 0.29) is 0 Å². The van der Waals surface area contributed by atoms with Crippen LogP contribution in [0.15, 0.2) is 30.3 Å². The van der Waals surface area contributed by atoms with Crippen LogP contribution in [0.4, 0.5) is 13.2 Å². The minimum absolute atomic E-state index is 0.586. The van der Waals surface area contributed by atoms with E-state index in [1.165, 1.54) is 44.2 Å². The van der Waals surface area contributed by atoms with Crippen LogP contribution in [0.3, 0.4) is 0 Å². The molecule has 0 atom stereocenters. The van der Waals surface area contributed by atoms with Crippen molar-refractivity contribution in [2.24, 2.45) is 5.92 Å². The largest absolute Gasteiger partial charge is 0.416 e. The van der Waals surface area contributed by atoms with E-state index in [0.717, 1.165) is 17.7 Å². The lowest BCUT2D eigenvalue weighted by molar-refractivity contribution is -0.137. The Hall–Kier alpha value is -1.25. The maximum absolute atomic E-state index is 12.4. The summed E-state index contributed by atoms with van der Waals surface area (Å²) in [4.78, 5) is 0. The van der Waals surface area contributed by atoms with Crippen LogP contribution < -0.4 is 0 Å². The summed E-state index contributed by atoms with van der Waals surface area (Å²) in [5, 5.41) is 0. The molecule has 0 bridgehead atoms. The second-order valence-electron chi connectivity index (χ2n) is 4.88. The zero-order valence-corrected chi connectivity index (χ0v) is 10.2. The van der Waals surface area contributed by atoms with Crippen molar-refractivity contribution < 1.29 is 13.2 Å². The zero-order valence-electron chi connectivity index (χ0n) is 10.2. The van der Waals surface area contributed by atoms with Gasteiger partial charge in [-0.3, -0.25) is 0 Å². The SMILES string of the molecule is FC(F)(F)c1ccc(C=CC2CCCCC2)cc1. The molecule has 0 aliphatic heterocycles. The molecule has 0 saturated heterocycles. The third-order valence-corrected chi connectivity index (χ3v) is 3.45. The number of allylic oxidation sites excluding steroid dienone is 1. The summed E-state index contributed by atoms with van der Waals surface area (Å²) in [5.74, 6) is 0.598. The van der Waals surface area contributed by atoms with Crippen LogP contribution in [0.25, 0.3) is 6.08 Å². The number of rotatable bonds is 2. The monoisotopic (exact) mass is 254 g/mol.